The monoisotopic (exact) mass is 278 g/mol. The van der Waals surface area contributed by atoms with Crippen LogP contribution >= 0.6 is 0 Å². The molecule has 112 valence electrons. The summed E-state index contributed by atoms with van der Waals surface area (Å²) in [6, 6.07) is 8.26. The van der Waals surface area contributed by atoms with Crippen LogP contribution in [0.5, 0.6) is 5.75 Å². The summed E-state index contributed by atoms with van der Waals surface area (Å²) in [6.07, 6.45) is 1.51. The van der Waals surface area contributed by atoms with E-state index in [1.54, 1.807) is 0 Å². The van der Waals surface area contributed by atoms with E-state index in [4.69, 9.17) is 4.74 Å². The van der Waals surface area contributed by atoms with Crippen molar-refractivity contribution in [3.05, 3.63) is 29.8 Å². The summed E-state index contributed by atoms with van der Waals surface area (Å²) in [4.78, 5) is 11.5. The second-order valence-corrected chi connectivity index (χ2v) is 5.14. The molecule has 4 nitrogen and oxygen atoms in total. The Morgan fingerprint density at radius 1 is 1.35 bits per heavy atom. The van der Waals surface area contributed by atoms with Gasteiger partial charge in [0.25, 0.3) is 0 Å². The summed E-state index contributed by atoms with van der Waals surface area (Å²) in [7, 11) is 0. The van der Waals surface area contributed by atoms with E-state index in [2.05, 4.69) is 23.6 Å². The summed E-state index contributed by atoms with van der Waals surface area (Å²) in [6.45, 7) is 8.19. The predicted molar refractivity (Wildman–Crippen MR) is 81.8 cm³/mol. The van der Waals surface area contributed by atoms with E-state index < -0.39 is 0 Å². The van der Waals surface area contributed by atoms with Gasteiger partial charge in [0.1, 0.15) is 5.75 Å². The van der Waals surface area contributed by atoms with E-state index in [1.807, 2.05) is 32.0 Å². The van der Waals surface area contributed by atoms with Gasteiger partial charge in [0.15, 0.2) is 0 Å². The molecule has 20 heavy (non-hydrogen) atoms. The largest absolute Gasteiger partial charge is 0.494 e. The van der Waals surface area contributed by atoms with Crippen molar-refractivity contribution in [2.24, 2.45) is 0 Å². The third-order valence-electron chi connectivity index (χ3n) is 2.68. The van der Waals surface area contributed by atoms with Gasteiger partial charge in [-0.15, -0.1) is 0 Å². The molecule has 1 amide bonds. The van der Waals surface area contributed by atoms with Crippen LogP contribution in [-0.2, 0) is 11.3 Å². The highest BCUT2D eigenvalue weighted by atomic mass is 16.5. The maximum absolute atomic E-state index is 11.5. The van der Waals surface area contributed by atoms with Gasteiger partial charge in [-0.05, 0) is 38.0 Å². The maximum Gasteiger partial charge on any atom is 0.221 e. The molecule has 0 aliphatic heterocycles. The van der Waals surface area contributed by atoms with E-state index >= 15 is 0 Å². The first kappa shape index (κ1) is 16.5. The van der Waals surface area contributed by atoms with E-state index in [1.165, 1.54) is 5.56 Å². The Balaban J connectivity index is 2.26. The lowest BCUT2D eigenvalue weighted by atomic mass is 10.2. The SMILES string of the molecule is CCCOc1cccc(CNCCC(=O)NC(C)C)c1. The second-order valence-electron chi connectivity index (χ2n) is 5.14. The molecule has 2 N–H and O–H groups in total. The van der Waals surface area contributed by atoms with Gasteiger partial charge in [-0.25, -0.2) is 0 Å². The lowest BCUT2D eigenvalue weighted by Gasteiger charge is -2.10. The zero-order valence-electron chi connectivity index (χ0n) is 12.7. The Kier molecular flexibility index (Phi) is 7.73. The van der Waals surface area contributed by atoms with Crippen LogP contribution in [0.3, 0.4) is 0 Å². The molecule has 4 heteroatoms. The van der Waals surface area contributed by atoms with E-state index in [-0.39, 0.29) is 11.9 Å². The number of rotatable bonds is 9. The first-order valence-electron chi connectivity index (χ1n) is 7.33. The first-order chi connectivity index (χ1) is 9.61. The van der Waals surface area contributed by atoms with Crippen LogP contribution in [0.2, 0.25) is 0 Å². The van der Waals surface area contributed by atoms with Gasteiger partial charge in [0, 0.05) is 25.6 Å². The van der Waals surface area contributed by atoms with Crippen LogP contribution in [0.4, 0.5) is 0 Å². The molecule has 0 aliphatic rings. The summed E-state index contributed by atoms with van der Waals surface area (Å²) in [5, 5.41) is 6.15. The molecule has 0 fully saturated rings. The Hall–Kier alpha value is -1.55. The number of carbonyl (C=O) groups is 1. The van der Waals surface area contributed by atoms with Gasteiger partial charge in [-0.2, -0.15) is 0 Å². The van der Waals surface area contributed by atoms with Crippen molar-refractivity contribution in [2.45, 2.75) is 46.2 Å². The number of amides is 1. The van der Waals surface area contributed by atoms with Crippen LogP contribution < -0.4 is 15.4 Å². The topological polar surface area (TPSA) is 50.4 Å². The average molecular weight is 278 g/mol. The average Bonchev–Trinajstić information content (AvgIpc) is 2.41. The number of carbonyl (C=O) groups excluding carboxylic acids is 1. The Morgan fingerprint density at radius 3 is 2.85 bits per heavy atom. The highest BCUT2D eigenvalue weighted by Gasteiger charge is 2.02. The molecule has 0 spiro atoms. The van der Waals surface area contributed by atoms with Crippen molar-refractivity contribution in [2.75, 3.05) is 13.2 Å². The smallest absolute Gasteiger partial charge is 0.221 e. The zero-order chi connectivity index (χ0) is 14.8. The van der Waals surface area contributed by atoms with Crippen molar-refractivity contribution in [1.82, 2.24) is 10.6 Å². The highest BCUT2D eigenvalue weighted by Crippen LogP contribution is 2.13. The molecule has 1 rings (SSSR count). The Bertz CT molecular complexity index is 405. The molecule has 0 atom stereocenters. The molecule has 0 aliphatic carbocycles. The van der Waals surface area contributed by atoms with Crippen molar-refractivity contribution in [3.63, 3.8) is 0 Å². The lowest BCUT2D eigenvalue weighted by Crippen LogP contribution is -2.32. The standard InChI is InChI=1S/C16H26N2O2/c1-4-10-20-15-7-5-6-14(11-15)12-17-9-8-16(19)18-13(2)3/h5-7,11,13,17H,4,8-10,12H2,1-3H3,(H,18,19). The first-order valence-corrected chi connectivity index (χ1v) is 7.33. The molecule has 0 aromatic heterocycles. The minimum Gasteiger partial charge on any atom is -0.494 e. The molecule has 0 radical (unpaired) electrons. The summed E-state index contributed by atoms with van der Waals surface area (Å²) in [5.74, 6) is 0.997. The van der Waals surface area contributed by atoms with Crippen molar-refractivity contribution in [1.29, 1.82) is 0 Å². The van der Waals surface area contributed by atoms with Crippen LogP contribution in [0.25, 0.3) is 0 Å². The third-order valence-corrected chi connectivity index (χ3v) is 2.68. The predicted octanol–water partition coefficient (Wildman–Crippen LogP) is 2.48. The lowest BCUT2D eigenvalue weighted by molar-refractivity contribution is -0.121. The van der Waals surface area contributed by atoms with Crippen LogP contribution in [0.1, 0.15) is 39.2 Å². The maximum atomic E-state index is 11.5. The quantitative estimate of drug-likeness (QED) is 0.682. The normalized spacial score (nSPS) is 10.6. The number of ether oxygens (including phenoxy) is 1. The van der Waals surface area contributed by atoms with Crippen LogP contribution in [0, 0.1) is 0 Å². The highest BCUT2D eigenvalue weighted by molar-refractivity contribution is 5.76. The number of nitrogens with one attached hydrogen (secondary N) is 2. The third kappa shape index (κ3) is 7.14. The van der Waals surface area contributed by atoms with Crippen molar-refractivity contribution >= 4 is 5.91 Å². The molecule has 1 aromatic carbocycles. The van der Waals surface area contributed by atoms with Gasteiger partial charge in [0.05, 0.1) is 6.61 Å². The van der Waals surface area contributed by atoms with Crippen molar-refractivity contribution in [3.8, 4) is 5.75 Å². The van der Waals surface area contributed by atoms with Gasteiger partial charge < -0.3 is 15.4 Å². The molecule has 0 unspecified atom stereocenters. The second kappa shape index (κ2) is 9.37. The molecular formula is C16H26N2O2. The Morgan fingerprint density at radius 2 is 2.15 bits per heavy atom. The van der Waals surface area contributed by atoms with Crippen LogP contribution in [0.15, 0.2) is 24.3 Å². The summed E-state index contributed by atoms with van der Waals surface area (Å²) >= 11 is 0. The van der Waals surface area contributed by atoms with Gasteiger partial charge in [0.2, 0.25) is 5.91 Å². The summed E-state index contributed by atoms with van der Waals surface area (Å²) < 4.78 is 5.59. The molecule has 0 bridgehead atoms. The van der Waals surface area contributed by atoms with Gasteiger partial charge in [-0.1, -0.05) is 19.1 Å². The fourth-order valence-electron chi connectivity index (χ4n) is 1.79. The van der Waals surface area contributed by atoms with E-state index in [0.29, 0.717) is 13.0 Å². The summed E-state index contributed by atoms with van der Waals surface area (Å²) in [5.41, 5.74) is 1.17. The van der Waals surface area contributed by atoms with Gasteiger partial charge in [-0.3, -0.25) is 4.79 Å². The molecular weight excluding hydrogens is 252 g/mol. The van der Waals surface area contributed by atoms with Crippen LogP contribution in [-0.4, -0.2) is 25.1 Å². The Labute approximate surface area is 121 Å². The number of hydrogen-bond acceptors (Lipinski definition) is 3. The minimum atomic E-state index is 0.0903. The molecule has 0 saturated carbocycles. The molecule has 0 saturated heterocycles. The zero-order valence-corrected chi connectivity index (χ0v) is 12.7. The van der Waals surface area contributed by atoms with Crippen molar-refractivity contribution < 1.29 is 9.53 Å². The molecule has 1 aromatic rings. The van der Waals surface area contributed by atoms with E-state index in [9.17, 15) is 4.79 Å². The minimum absolute atomic E-state index is 0.0903. The molecule has 0 heterocycles. The fraction of sp³-hybridized carbons (Fsp3) is 0.562. The number of benzene rings is 1. The fourth-order valence-corrected chi connectivity index (χ4v) is 1.79. The van der Waals surface area contributed by atoms with E-state index in [0.717, 1.165) is 25.3 Å². The number of hydrogen-bond donors (Lipinski definition) is 2. The van der Waals surface area contributed by atoms with Gasteiger partial charge >= 0.3 is 0 Å².